The van der Waals surface area contributed by atoms with Gasteiger partial charge < -0.3 is 19.2 Å². The molecule has 6 heteroatoms. The molecule has 0 fully saturated rings. The third-order valence-electron chi connectivity index (χ3n) is 3.83. The summed E-state index contributed by atoms with van der Waals surface area (Å²) in [7, 11) is 0. The predicted octanol–water partition coefficient (Wildman–Crippen LogP) is 4.01. The summed E-state index contributed by atoms with van der Waals surface area (Å²) in [6.07, 6.45) is 0.851. The summed E-state index contributed by atoms with van der Waals surface area (Å²) < 4.78 is 15.9. The molecule has 0 saturated heterocycles. The number of ether oxygens (including phenoxy) is 2. The summed E-state index contributed by atoms with van der Waals surface area (Å²) in [4.78, 5) is 15.9. The Bertz CT molecular complexity index is 997. The van der Waals surface area contributed by atoms with Crippen LogP contribution in [0.25, 0.3) is 0 Å². The van der Waals surface area contributed by atoms with Crippen molar-refractivity contribution in [1.82, 2.24) is 10.3 Å². The first kappa shape index (κ1) is 19.1. The van der Waals surface area contributed by atoms with Gasteiger partial charge in [0.25, 0.3) is 0 Å². The predicted molar refractivity (Wildman–Crippen MR) is 104 cm³/mol. The Kier molecular flexibility index (Phi) is 6.32. The van der Waals surface area contributed by atoms with E-state index in [1.165, 1.54) is 6.39 Å². The van der Waals surface area contributed by atoms with Gasteiger partial charge in [0.1, 0.15) is 23.9 Å². The molecule has 3 aromatic rings. The van der Waals surface area contributed by atoms with Crippen molar-refractivity contribution in [2.24, 2.45) is 0 Å². The lowest BCUT2D eigenvalue weighted by Crippen LogP contribution is -2.26. The van der Waals surface area contributed by atoms with Crippen LogP contribution in [0.4, 0.5) is 4.79 Å². The van der Waals surface area contributed by atoms with Crippen molar-refractivity contribution in [2.75, 3.05) is 6.61 Å². The maximum Gasteiger partial charge on any atom is 0.412 e. The van der Waals surface area contributed by atoms with Crippen LogP contribution in [0.2, 0.25) is 0 Å². The average molecular weight is 376 g/mol. The largest absolute Gasteiger partial charge is 0.481 e. The maximum atomic E-state index is 11.9. The number of oxazole rings is 1. The van der Waals surface area contributed by atoms with Gasteiger partial charge in [-0.2, -0.15) is 0 Å². The van der Waals surface area contributed by atoms with Crippen LogP contribution in [0.15, 0.2) is 59.3 Å². The first-order chi connectivity index (χ1) is 13.6. The van der Waals surface area contributed by atoms with E-state index >= 15 is 0 Å². The van der Waals surface area contributed by atoms with Gasteiger partial charge in [-0.15, -0.1) is 0 Å². The second-order valence-electron chi connectivity index (χ2n) is 6.05. The molecule has 1 N–H and O–H groups in total. The molecular weight excluding hydrogens is 356 g/mol. The molecule has 28 heavy (non-hydrogen) atoms. The van der Waals surface area contributed by atoms with E-state index < -0.39 is 6.09 Å². The fourth-order valence-corrected chi connectivity index (χ4v) is 2.33. The van der Waals surface area contributed by atoms with Gasteiger partial charge in [-0.3, -0.25) is 0 Å². The van der Waals surface area contributed by atoms with Crippen molar-refractivity contribution in [1.29, 1.82) is 0 Å². The summed E-state index contributed by atoms with van der Waals surface area (Å²) in [6, 6.07) is 14.7. The fraction of sp³-hybridized carbons (Fsp3) is 0.182. The first-order valence-electron chi connectivity index (χ1n) is 8.73. The number of aryl methyl sites for hydroxylation is 2. The van der Waals surface area contributed by atoms with E-state index in [0.717, 1.165) is 11.1 Å². The van der Waals surface area contributed by atoms with E-state index in [1.807, 2.05) is 43.3 Å². The zero-order valence-electron chi connectivity index (χ0n) is 15.7. The Morgan fingerprint density at radius 2 is 1.96 bits per heavy atom. The lowest BCUT2D eigenvalue weighted by molar-refractivity contribution is 0.200. The topological polar surface area (TPSA) is 73.6 Å². The minimum Gasteiger partial charge on any atom is -0.481 e. The van der Waals surface area contributed by atoms with Gasteiger partial charge in [-0.05, 0) is 49.6 Å². The van der Waals surface area contributed by atoms with Crippen LogP contribution in [-0.4, -0.2) is 17.7 Å². The Hall–Kier alpha value is -3.72. The number of hydrogen-bond donors (Lipinski definition) is 1. The van der Waals surface area contributed by atoms with E-state index in [4.69, 9.17) is 13.9 Å². The van der Waals surface area contributed by atoms with Crippen LogP contribution in [0.1, 0.15) is 22.6 Å². The second kappa shape index (κ2) is 9.28. The first-order valence-corrected chi connectivity index (χ1v) is 8.73. The molecule has 2 aromatic carbocycles. The van der Waals surface area contributed by atoms with E-state index in [2.05, 4.69) is 22.1 Å². The molecule has 0 saturated carbocycles. The van der Waals surface area contributed by atoms with Gasteiger partial charge in [-0.25, -0.2) is 9.78 Å². The van der Waals surface area contributed by atoms with Crippen LogP contribution in [0, 0.1) is 25.7 Å². The van der Waals surface area contributed by atoms with E-state index in [0.29, 0.717) is 29.5 Å². The number of nitrogens with zero attached hydrogens (tertiary/aromatic N) is 1. The zero-order chi connectivity index (χ0) is 19.8. The summed E-state index contributed by atoms with van der Waals surface area (Å²) in [5.41, 5.74) is 2.60. The second-order valence-corrected chi connectivity index (χ2v) is 6.05. The molecule has 0 unspecified atom stereocenters. The Morgan fingerprint density at radius 3 is 2.71 bits per heavy atom. The fourth-order valence-electron chi connectivity index (χ4n) is 2.33. The van der Waals surface area contributed by atoms with Gasteiger partial charge in [0, 0.05) is 6.54 Å². The lowest BCUT2D eigenvalue weighted by Gasteiger charge is -2.08. The number of carbonyl (C=O) groups is 1. The molecule has 142 valence electrons. The van der Waals surface area contributed by atoms with Gasteiger partial charge in [0.2, 0.25) is 0 Å². The van der Waals surface area contributed by atoms with Gasteiger partial charge in [-0.1, -0.05) is 35.7 Å². The molecule has 1 aromatic heterocycles. The van der Waals surface area contributed by atoms with Gasteiger partial charge in [0.05, 0.1) is 0 Å². The zero-order valence-corrected chi connectivity index (χ0v) is 15.7. The van der Waals surface area contributed by atoms with Crippen molar-refractivity contribution in [2.45, 2.75) is 20.4 Å². The molecule has 0 radical (unpaired) electrons. The minimum absolute atomic E-state index is 0.221. The third kappa shape index (κ3) is 5.64. The van der Waals surface area contributed by atoms with Crippen LogP contribution in [-0.2, 0) is 6.54 Å². The van der Waals surface area contributed by atoms with Gasteiger partial charge in [0.15, 0.2) is 12.1 Å². The van der Waals surface area contributed by atoms with Crippen LogP contribution >= 0.6 is 0 Å². The standard InChI is InChI=1S/C22H20N2O4/c1-16-8-10-19(11-9-16)28-22(25)23-14-18-5-3-6-20(13-18)26-12-4-7-21-17(2)27-15-24-21/h3,5-6,8-11,13,15H,12,14H2,1-2H3,(H,23,25). The minimum atomic E-state index is -0.510. The number of hydrogen-bond acceptors (Lipinski definition) is 5. The Labute approximate surface area is 163 Å². The number of aromatic nitrogens is 1. The molecule has 1 amide bonds. The molecular formula is C22H20N2O4. The van der Waals surface area contributed by atoms with Crippen molar-refractivity contribution in [3.8, 4) is 23.3 Å². The van der Waals surface area contributed by atoms with Crippen molar-refractivity contribution < 1.29 is 18.7 Å². The summed E-state index contributed by atoms with van der Waals surface area (Å²) in [5.74, 6) is 7.63. The quantitative estimate of drug-likeness (QED) is 0.681. The highest BCUT2D eigenvalue weighted by Crippen LogP contribution is 2.14. The van der Waals surface area contributed by atoms with Gasteiger partial charge >= 0.3 is 6.09 Å². The van der Waals surface area contributed by atoms with Crippen molar-refractivity contribution >= 4 is 6.09 Å². The monoisotopic (exact) mass is 376 g/mol. The van der Waals surface area contributed by atoms with E-state index in [-0.39, 0.29) is 6.61 Å². The smallest absolute Gasteiger partial charge is 0.412 e. The van der Waals surface area contributed by atoms with Crippen molar-refractivity contribution in [3.63, 3.8) is 0 Å². The SMILES string of the molecule is Cc1ccc(OC(=O)NCc2cccc(OCC#Cc3ncoc3C)c2)cc1. The highest BCUT2D eigenvalue weighted by atomic mass is 16.6. The highest BCUT2D eigenvalue weighted by Gasteiger charge is 2.05. The lowest BCUT2D eigenvalue weighted by atomic mass is 10.2. The Morgan fingerprint density at radius 1 is 1.14 bits per heavy atom. The van der Waals surface area contributed by atoms with E-state index in [9.17, 15) is 4.79 Å². The molecule has 0 aliphatic rings. The molecule has 0 spiro atoms. The number of nitrogens with one attached hydrogen (secondary N) is 1. The Balaban J connectivity index is 1.47. The van der Waals surface area contributed by atoms with E-state index in [1.54, 1.807) is 19.1 Å². The van der Waals surface area contributed by atoms with Crippen LogP contribution in [0.3, 0.4) is 0 Å². The normalized spacial score (nSPS) is 9.93. The molecule has 0 aliphatic carbocycles. The molecule has 1 heterocycles. The summed E-state index contributed by atoms with van der Waals surface area (Å²) >= 11 is 0. The average Bonchev–Trinajstić information content (AvgIpc) is 3.11. The number of benzene rings is 2. The molecule has 3 rings (SSSR count). The molecule has 6 nitrogen and oxygen atoms in total. The van der Waals surface area contributed by atoms with Crippen LogP contribution in [0.5, 0.6) is 11.5 Å². The highest BCUT2D eigenvalue weighted by molar-refractivity contribution is 5.70. The number of amides is 1. The number of rotatable bonds is 5. The summed E-state index contributed by atoms with van der Waals surface area (Å²) in [5, 5.41) is 2.72. The summed E-state index contributed by atoms with van der Waals surface area (Å²) in [6.45, 7) is 4.32. The van der Waals surface area contributed by atoms with Crippen LogP contribution < -0.4 is 14.8 Å². The molecule has 0 atom stereocenters. The third-order valence-corrected chi connectivity index (χ3v) is 3.83. The maximum absolute atomic E-state index is 11.9. The molecule has 0 bridgehead atoms. The van der Waals surface area contributed by atoms with Crippen molar-refractivity contribution in [3.05, 3.63) is 77.5 Å². The molecule has 0 aliphatic heterocycles. The number of carbonyl (C=O) groups excluding carboxylic acids is 1.